The van der Waals surface area contributed by atoms with Crippen LogP contribution in [0.15, 0.2) is 48.5 Å². The van der Waals surface area contributed by atoms with Gasteiger partial charge < -0.3 is 19.7 Å². The van der Waals surface area contributed by atoms with Crippen molar-refractivity contribution in [2.24, 2.45) is 0 Å². The van der Waals surface area contributed by atoms with Crippen molar-refractivity contribution in [3.8, 4) is 11.5 Å². The zero-order valence-electron chi connectivity index (χ0n) is 17.1. The van der Waals surface area contributed by atoms with E-state index in [0.717, 1.165) is 54.9 Å². The first-order valence-corrected chi connectivity index (χ1v) is 9.84. The lowest BCUT2D eigenvalue weighted by Crippen LogP contribution is -2.16. The van der Waals surface area contributed by atoms with E-state index in [1.807, 2.05) is 25.1 Å². The number of para-hydroxylation sites is 1. The maximum Gasteiger partial charge on any atom is 0.160 e. The molecule has 0 saturated carbocycles. The number of rotatable bonds is 7. The van der Waals surface area contributed by atoms with Crippen molar-refractivity contribution in [1.29, 1.82) is 0 Å². The fourth-order valence-corrected chi connectivity index (χ4v) is 3.73. The van der Waals surface area contributed by atoms with Gasteiger partial charge in [0, 0.05) is 24.8 Å². The van der Waals surface area contributed by atoms with Gasteiger partial charge in [0.15, 0.2) is 11.5 Å². The van der Waals surface area contributed by atoms with E-state index >= 15 is 0 Å². The summed E-state index contributed by atoms with van der Waals surface area (Å²) in [6.45, 7) is 3.65. The van der Waals surface area contributed by atoms with E-state index in [-0.39, 0.29) is 0 Å². The minimum Gasteiger partial charge on any atom is -0.493 e. The number of aromatic nitrogens is 2. The molecule has 2 heterocycles. The lowest BCUT2D eigenvalue weighted by atomic mass is 10.1. The van der Waals surface area contributed by atoms with Crippen molar-refractivity contribution in [3.63, 3.8) is 0 Å². The van der Waals surface area contributed by atoms with Crippen LogP contribution in [0.1, 0.15) is 17.0 Å². The summed E-state index contributed by atoms with van der Waals surface area (Å²) in [5.74, 6) is 4.04. The van der Waals surface area contributed by atoms with Crippen molar-refractivity contribution >= 4 is 17.3 Å². The Morgan fingerprint density at radius 1 is 1.00 bits per heavy atom. The number of fused-ring (bicyclic) bond motifs is 1. The van der Waals surface area contributed by atoms with E-state index in [9.17, 15) is 0 Å². The van der Waals surface area contributed by atoms with Gasteiger partial charge in [-0.2, -0.15) is 0 Å². The Labute approximate surface area is 171 Å². The standard InChI is InChI=1S/C23H26N4O2/c1-16-25-22(24-12-10-17-8-9-20(28-2)21(14-17)29-3)15-23(26-16)27-13-11-18-6-4-5-7-19(18)27/h4-9,14-15H,10-13H2,1-3H3,(H,24,25,26). The molecule has 3 aromatic rings. The number of ether oxygens (including phenoxy) is 2. The summed E-state index contributed by atoms with van der Waals surface area (Å²) in [6, 6.07) is 16.5. The van der Waals surface area contributed by atoms with Crippen molar-refractivity contribution in [2.45, 2.75) is 19.8 Å². The summed E-state index contributed by atoms with van der Waals surface area (Å²) >= 11 is 0. The van der Waals surface area contributed by atoms with E-state index in [2.05, 4.69) is 50.5 Å². The molecule has 2 aromatic carbocycles. The Bertz CT molecular complexity index is 1010. The van der Waals surface area contributed by atoms with Gasteiger partial charge in [0.05, 0.1) is 14.2 Å². The topological polar surface area (TPSA) is 59.5 Å². The van der Waals surface area contributed by atoms with E-state index in [1.165, 1.54) is 16.8 Å². The number of nitrogens with zero attached hydrogens (tertiary/aromatic N) is 3. The van der Waals surface area contributed by atoms with Crippen LogP contribution < -0.4 is 19.7 Å². The molecule has 1 aromatic heterocycles. The molecule has 0 radical (unpaired) electrons. The number of anilines is 3. The first-order valence-electron chi connectivity index (χ1n) is 9.84. The average Bonchev–Trinajstić information content (AvgIpc) is 3.17. The van der Waals surface area contributed by atoms with Crippen LogP contribution in [0.5, 0.6) is 11.5 Å². The Kier molecular flexibility index (Phi) is 5.51. The van der Waals surface area contributed by atoms with Gasteiger partial charge in [-0.3, -0.25) is 0 Å². The number of hydrogen-bond acceptors (Lipinski definition) is 6. The highest BCUT2D eigenvalue weighted by molar-refractivity contribution is 5.68. The van der Waals surface area contributed by atoms with Crippen molar-refractivity contribution in [1.82, 2.24) is 9.97 Å². The third kappa shape index (κ3) is 4.11. The van der Waals surface area contributed by atoms with Gasteiger partial charge in [0.1, 0.15) is 17.5 Å². The van der Waals surface area contributed by atoms with Gasteiger partial charge in [-0.1, -0.05) is 24.3 Å². The van der Waals surface area contributed by atoms with Gasteiger partial charge in [-0.15, -0.1) is 0 Å². The van der Waals surface area contributed by atoms with Crippen LogP contribution in [0.25, 0.3) is 0 Å². The summed E-state index contributed by atoms with van der Waals surface area (Å²) in [4.78, 5) is 11.5. The van der Waals surface area contributed by atoms with Crippen LogP contribution in [0.2, 0.25) is 0 Å². The van der Waals surface area contributed by atoms with E-state index < -0.39 is 0 Å². The molecule has 29 heavy (non-hydrogen) atoms. The molecule has 0 unspecified atom stereocenters. The number of aryl methyl sites for hydroxylation is 1. The SMILES string of the molecule is COc1ccc(CCNc2cc(N3CCc4ccccc43)nc(C)n2)cc1OC. The highest BCUT2D eigenvalue weighted by Crippen LogP contribution is 2.34. The molecule has 6 heteroatoms. The quantitative estimate of drug-likeness (QED) is 0.654. The molecule has 0 fully saturated rings. The predicted octanol–water partition coefficient (Wildman–Crippen LogP) is 4.15. The fourth-order valence-electron chi connectivity index (χ4n) is 3.73. The zero-order chi connectivity index (χ0) is 20.2. The summed E-state index contributed by atoms with van der Waals surface area (Å²) < 4.78 is 10.7. The van der Waals surface area contributed by atoms with E-state index in [4.69, 9.17) is 9.47 Å². The zero-order valence-corrected chi connectivity index (χ0v) is 17.1. The molecule has 0 spiro atoms. The first kappa shape index (κ1) is 19.1. The highest BCUT2D eigenvalue weighted by Gasteiger charge is 2.21. The molecule has 0 bridgehead atoms. The molecule has 1 N–H and O–H groups in total. The predicted molar refractivity (Wildman–Crippen MR) is 116 cm³/mol. The van der Waals surface area contributed by atoms with Crippen LogP contribution in [0.4, 0.5) is 17.3 Å². The lowest BCUT2D eigenvalue weighted by molar-refractivity contribution is 0.354. The smallest absolute Gasteiger partial charge is 0.160 e. The van der Waals surface area contributed by atoms with Gasteiger partial charge in [0.2, 0.25) is 0 Å². The molecule has 4 rings (SSSR count). The Balaban J connectivity index is 1.45. The van der Waals surface area contributed by atoms with Crippen molar-refractivity contribution < 1.29 is 9.47 Å². The van der Waals surface area contributed by atoms with Gasteiger partial charge in [-0.25, -0.2) is 9.97 Å². The number of benzene rings is 2. The van der Waals surface area contributed by atoms with Crippen LogP contribution in [-0.2, 0) is 12.8 Å². The number of hydrogen-bond donors (Lipinski definition) is 1. The first-order chi connectivity index (χ1) is 14.2. The Morgan fingerprint density at radius 2 is 1.83 bits per heavy atom. The maximum absolute atomic E-state index is 5.39. The number of nitrogens with one attached hydrogen (secondary N) is 1. The third-order valence-corrected chi connectivity index (χ3v) is 5.16. The molecule has 1 aliphatic rings. The Morgan fingerprint density at radius 3 is 2.66 bits per heavy atom. The third-order valence-electron chi connectivity index (χ3n) is 5.16. The molecule has 0 aliphatic carbocycles. The fraction of sp³-hybridized carbons (Fsp3) is 0.304. The van der Waals surface area contributed by atoms with Crippen molar-refractivity contribution in [2.75, 3.05) is 37.5 Å². The second-order valence-electron chi connectivity index (χ2n) is 7.06. The van der Waals surface area contributed by atoms with Gasteiger partial charge >= 0.3 is 0 Å². The van der Waals surface area contributed by atoms with Crippen LogP contribution >= 0.6 is 0 Å². The molecule has 1 aliphatic heterocycles. The van der Waals surface area contributed by atoms with Crippen LogP contribution in [-0.4, -0.2) is 37.3 Å². The maximum atomic E-state index is 5.39. The van der Waals surface area contributed by atoms with Gasteiger partial charge in [0.25, 0.3) is 0 Å². The largest absolute Gasteiger partial charge is 0.493 e. The monoisotopic (exact) mass is 390 g/mol. The molecular formula is C23H26N4O2. The van der Waals surface area contributed by atoms with Crippen LogP contribution in [0, 0.1) is 6.92 Å². The Hall–Kier alpha value is -3.28. The molecule has 0 atom stereocenters. The second kappa shape index (κ2) is 8.39. The number of methoxy groups -OCH3 is 2. The average molecular weight is 390 g/mol. The lowest BCUT2D eigenvalue weighted by Gasteiger charge is -2.19. The van der Waals surface area contributed by atoms with E-state index in [0.29, 0.717) is 0 Å². The van der Waals surface area contributed by atoms with Crippen molar-refractivity contribution in [3.05, 3.63) is 65.5 Å². The van der Waals surface area contributed by atoms with E-state index in [1.54, 1.807) is 14.2 Å². The minimum absolute atomic E-state index is 0.742. The minimum atomic E-state index is 0.742. The summed E-state index contributed by atoms with van der Waals surface area (Å²) in [5, 5.41) is 3.44. The summed E-state index contributed by atoms with van der Waals surface area (Å²) in [5.41, 5.74) is 3.78. The molecular weight excluding hydrogens is 364 g/mol. The van der Waals surface area contributed by atoms with Gasteiger partial charge in [-0.05, 0) is 49.1 Å². The summed E-state index contributed by atoms with van der Waals surface area (Å²) in [7, 11) is 3.30. The molecule has 0 saturated heterocycles. The highest BCUT2D eigenvalue weighted by atomic mass is 16.5. The normalized spacial score (nSPS) is 12.6. The molecule has 150 valence electrons. The summed E-state index contributed by atoms with van der Waals surface area (Å²) in [6.07, 6.45) is 1.90. The van der Waals surface area contributed by atoms with Crippen LogP contribution in [0.3, 0.4) is 0 Å². The molecule has 6 nitrogen and oxygen atoms in total. The molecule has 0 amide bonds. The second-order valence-corrected chi connectivity index (χ2v) is 7.06.